The fraction of sp³-hybridized carbons (Fsp3) is 0.483. The van der Waals surface area contributed by atoms with Crippen LogP contribution in [-0.4, -0.2) is 43.7 Å². The lowest BCUT2D eigenvalue weighted by molar-refractivity contribution is 0.0931. The second-order valence-corrected chi connectivity index (χ2v) is 17.1. The third kappa shape index (κ3) is 5.42. The Morgan fingerprint density at radius 2 is 1.95 bits per heavy atom. The summed E-state index contributed by atoms with van der Waals surface area (Å²) < 4.78 is 33.1. The van der Waals surface area contributed by atoms with E-state index >= 15 is 4.39 Å². The summed E-state index contributed by atoms with van der Waals surface area (Å²) in [5.74, 6) is -0.247. The number of hydrogen-bond acceptors (Lipinski definition) is 6. The van der Waals surface area contributed by atoms with Crippen molar-refractivity contribution in [2.75, 3.05) is 18.5 Å². The predicted octanol–water partition coefficient (Wildman–Crippen LogP) is 7.74. The van der Waals surface area contributed by atoms with Gasteiger partial charge in [0.15, 0.2) is 8.32 Å². The fourth-order valence-corrected chi connectivity index (χ4v) is 6.58. The van der Waals surface area contributed by atoms with Gasteiger partial charge in [0.2, 0.25) is 0 Å². The van der Waals surface area contributed by atoms with Gasteiger partial charge in [-0.3, -0.25) is 10.3 Å². The summed E-state index contributed by atoms with van der Waals surface area (Å²) in [4.78, 5) is 21.3. The number of carbonyl (C=O) groups excluding carboxylic acids is 1. The smallest absolute Gasteiger partial charge is 0.413 e. The van der Waals surface area contributed by atoms with Crippen LogP contribution >= 0.6 is 11.6 Å². The highest BCUT2D eigenvalue weighted by molar-refractivity contribution is 6.74. The molecule has 0 radical (unpaired) electrons. The highest BCUT2D eigenvalue weighted by Gasteiger charge is 2.41. The Morgan fingerprint density at radius 3 is 2.64 bits per heavy atom. The first kappa shape index (κ1) is 28.0. The van der Waals surface area contributed by atoms with Gasteiger partial charge in [-0.25, -0.2) is 14.2 Å². The number of carbonyl (C=O) groups is 1. The van der Waals surface area contributed by atoms with E-state index in [2.05, 4.69) is 44.2 Å². The maximum Gasteiger partial charge on any atom is 0.413 e. The molecule has 10 heteroatoms. The van der Waals surface area contributed by atoms with E-state index in [1.807, 2.05) is 6.92 Å². The average molecular weight is 572 g/mol. The van der Waals surface area contributed by atoms with Crippen molar-refractivity contribution in [3.05, 3.63) is 52.2 Å². The van der Waals surface area contributed by atoms with Crippen LogP contribution in [0, 0.1) is 12.7 Å². The quantitative estimate of drug-likeness (QED) is 0.315. The third-order valence-electron chi connectivity index (χ3n) is 8.26. The lowest BCUT2D eigenvalue weighted by atomic mass is 9.95. The zero-order valence-electron chi connectivity index (χ0n) is 23.3. The van der Waals surface area contributed by atoms with Crippen molar-refractivity contribution in [1.82, 2.24) is 9.97 Å². The minimum atomic E-state index is -2.03. The van der Waals surface area contributed by atoms with E-state index in [0.29, 0.717) is 41.5 Å². The van der Waals surface area contributed by atoms with Crippen molar-refractivity contribution in [3.63, 3.8) is 0 Å². The number of aromatic nitrogens is 2. The van der Waals surface area contributed by atoms with Crippen molar-refractivity contribution < 1.29 is 23.1 Å². The van der Waals surface area contributed by atoms with Gasteiger partial charge in [0.1, 0.15) is 17.7 Å². The van der Waals surface area contributed by atoms with Gasteiger partial charge in [0.05, 0.1) is 24.3 Å². The summed E-state index contributed by atoms with van der Waals surface area (Å²) in [7, 11) is -2.03. The van der Waals surface area contributed by atoms with Crippen LogP contribution in [-0.2, 0) is 20.3 Å². The van der Waals surface area contributed by atoms with Crippen LogP contribution in [0.1, 0.15) is 56.5 Å². The van der Waals surface area contributed by atoms with Gasteiger partial charge in [0.25, 0.3) is 0 Å². The standard InChI is InChI=1S/C29H35ClFN3O4Si/c1-16-20(13-32-22-7-8-23(25(16)22)38-39(5,6)29(2,3)4)19-11-17-12-24(33-14-21(17)26(30)27(19)31)34-28(35)37-18-9-10-36-15-18/h11-14,18,23H,7-10,15H2,1-6H3,(H,33,34,35)/t18-,23?/m1/s1. The van der Waals surface area contributed by atoms with Gasteiger partial charge >= 0.3 is 6.09 Å². The van der Waals surface area contributed by atoms with Crippen LogP contribution in [0.25, 0.3) is 21.9 Å². The number of fused-ring (bicyclic) bond motifs is 2. The van der Waals surface area contributed by atoms with Crippen molar-refractivity contribution in [2.45, 2.75) is 77.3 Å². The maximum absolute atomic E-state index is 15.7. The van der Waals surface area contributed by atoms with Gasteiger partial charge < -0.3 is 13.9 Å². The average Bonchev–Trinajstić information content (AvgIpc) is 3.51. The van der Waals surface area contributed by atoms with Crippen LogP contribution in [0.15, 0.2) is 24.5 Å². The molecule has 0 saturated carbocycles. The topological polar surface area (TPSA) is 82.6 Å². The van der Waals surface area contributed by atoms with Crippen molar-refractivity contribution in [1.29, 1.82) is 0 Å². The second-order valence-electron chi connectivity index (χ2n) is 11.9. The molecule has 2 atom stereocenters. The number of pyridine rings is 2. The van der Waals surface area contributed by atoms with E-state index in [1.165, 1.54) is 6.20 Å². The van der Waals surface area contributed by atoms with Gasteiger partial charge in [-0.15, -0.1) is 0 Å². The molecule has 5 rings (SSSR count). The molecule has 1 saturated heterocycles. The van der Waals surface area contributed by atoms with E-state index in [9.17, 15) is 4.79 Å². The number of nitrogens with zero attached hydrogens (tertiary/aromatic N) is 2. The van der Waals surface area contributed by atoms with Crippen LogP contribution in [0.2, 0.25) is 23.2 Å². The first-order valence-corrected chi connectivity index (χ1v) is 16.6. The minimum Gasteiger partial charge on any atom is -0.443 e. The molecule has 1 fully saturated rings. The van der Waals surface area contributed by atoms with Crippen LogP contribution in [0.5, 0.6) is 0 Å². The minimum absolute atomic E-state index is 0.0267. The largest absolute Gasteiger partial charge is 0.443 e. The lowest BCUT2D eigenvalue weighted by Gasteiger charge is -2.39. The molecular formula is C29H35ClFN3O4Si. The SMILES string of the molecule is Cc1c(-c2cc3cc(NC(=O)O[C@@H]4CCOC4)ncc3c(Cl)c2F)cnc2c1C(O[Si](C)(C)C(C)(C)C)CC2. The summed E-state index contributed by atoms with van der Waals surface area (Å²) in [6, 6.07) is 3.39. The number of aryl methyl sites for hydroxylation is 1. The monoisotopic (exact) mass is 571 g/mol. The Balaban J connectivity index is 1.49. The number of nitrogens with one attached hydrogen (secondary N) is 1. The summed E-state index contributed by atoms with van der Waals surface area (Å²) in [6.07, 6.45) is 4.58. The Labute approximate surface area is 234 Å². The molecule has 1 N–H and O–H groups in total. The number of amides is 1. The van der Waals surface area contributed by atoms with Crippen molar-refractivity contribution in [3.8, 4) is 11.1 Å². The Bertz CT molecular complexity index is 1440. The Morgan fingerprint density at radius 1 is 1.18 bits per heavy atom. The molecule has 2 aromatic heterocycles. The number of ether oxygens (including phenoxy) is 2. The highest BCUT2D eigenvalue weighted by atomic mass is 35.5. The summed E-state index contributed by atoms with van der Waals surface area (Å²) >= 11 is 6.51. The molecule has 208 valence electrons. The van der Waals surface area contributed by atoms with Crippen LogP contribution < -0.4 is 5.32 Å². The molecule has 0 bridgehead atoms. The molecule has 7 nitrogen and oxygen atoms in total. The van der Waals surface area contributed by atoms with E-state index < -0.39 is 20.2 Å². The second kappa shape index (κ2) is 10.4. The summed E-state index contributed by atoms with van der Waals surface area (Å²) in [5, 5.41) is 3.79. The number of halogens is 2. The van der Waals surface area contributed by atoms with Gasteiger partial charge in [-0.05, 0) is 61.0 Å². The molecule has 39 heavy (non-hydrogen) atoms. The predicted molar refractivity (Wildman–Crippen MR) is 153 cm³/mol. The van der Waals surface area contributed by atoms with E-state index in [1.54, 1.807) is 18.3 Å². The van der Waals surface area contributed by atoms with E-state index in [4.69, 9.17) is 30.5 Å². The fourth-order valence-electron chi connectivity index (χ4n) is 5.02. The summed E-state index contributed by atoms with van der Waals surface area (Å²) in [5.41, 5.74) is 4.04. The van der Waals surface area contributed by atoms with E-state index in [-0.39, 0.29) is 28.1 Å². The molecule has 2 aliphatic rings. The van der Waals surface area contributed by atoms with Crippen molar-refractivity contribution in [2.24, 2.45) is 0 Å². The zero-order valence-corrected chi connectivity index (χ0v) is 25.0. The number of rotatable bonds is 5. The third-order valence-corrected chi connectivity index (χ3v) is 13.1. The number of hydrogen-bond donors (Lipinski definition) is 1. The van der Waals surface area contributed by atoms with E-state index in [0.717, 1.165) is 29.7 Å². The normalized spacial score (nSPS) is 19.4. The first-order chi connectivity index (χ1) is 18.4. The van der Waals surface area contributed by atoms with Gasteiger partial charge in [0, 0.05) is 46.6 Å². The van der Waals surface area contributed by atoms with Gasteiger partial charge in [-0.1, -0.05) is 32.4 Å². The van der Waals surface area contributed by atoms with Crippen LogP contribution in [0.3, 0.4) is 0 Å². The molecule has 1 aromatic carbocycles. The number of benzene rings is 1. The Kier molecular flexibility index (Phi) is 7.47. The lowest BCUT2D eigenvalue weighted by Crippen LogP contribution is -2.41. The maximum atomic E-state index is 15.7. The molecule has 1 aliphatic carbocycles. The zero-order chi connectivity index (χ0) is 28.1. The molecule has 1 aliphatic heterocycles. The first-order valence-electron chi connectivity index (χ1n) is 13.4. The molecule has 1 unspecified atom stereocenters. The van der Waals surface area contributed by atoms with Gasteiger partial charge in [-0.2, -0.15) is 0 Å². The molecule has 0 spiro atoms. The highest BCUT2D eigenvalue weighted by Crippen LogP contribution is 2.46. The van der Waals surface area contributed by atoms with Crippen molar-refractivity contribution >= 4 is 42.6 Å². The molecular weight excluding hydrogens is 537 g/mol. The molecule has 1 amide bonds. The van der Waals surface area contributed by atoms with Crippen LogP contribution in [0.4, 0.5) is 15.0 Å². The molecule has 3 aromatic rings. The molecule has 3 heterocycles. The Hall–Kier alpha value is -2.59. The number of anilines is 1. The summed E-state index contributed by atoms with van der Waals surface area (Å²) in [6.45, 7) is 14.1.